The fourth-order valence-corrected chi connectivity index (χ4v) is 4.10. The Labute approximate surface area is 191 Å². The van der Waals surface area contributed by atoms with Gasteiger partial charge in [0.1, 0.15) is 11.8 Å². The molecule has 1 atom stereocenters. The Morgan fingerprint density at radius 2 is 1.67 bits per heavy atom. The lowest BCUT2D eigenvalue weighted by molar-refractivity contribution is -0.141. The van der Waals surface area contributed by atoms with Gasteiger partial charge in [0.15, 0.2) is 5.76 Å². The van der Waals surface area contributed by atoms with Crippen molar-refractivity contribution in [3.63, 3.8) is 0 Å². The zero-order chi connectivity index (χ0) is 23.0. The van der Waals surface area contributed by atoms with Crippen molar-refractivity contribution in [3.8, 4) is 0 Å². The van der Waals surface area contributed by atoms with Crippen LogP contribution < -0.4 is 10.6 Å². The first kappa shape index (κ1) is 22.4. The fourth-order valence-electron chi connectivity index (χ4n) is 4.10. The first-order chi connectivity index (χ1) is 16.1. The lowest BCUT2D eigenvalue weighted by Crippen LogP contribution is -2.48. The molecule has 0 spiro atoms. The van der Waals surface area contributed by atoms with Crippen LogP contribution in [0.25, 0.3) is 0 Å². The van der Waals surface area contributed by atoms with Crippen LogP contribution in [0.2, 0.25) is 0 Å². The monoisotopic (exact) mass is 449 g/mol. The first-order valence-corrected chi connectivity index (χ1v) is 11.1. The van der Waals surface area contributed by atoms with E-state index in [2.05, 4.69) is 10.6 Å². The molecule has 2 N–H and O–H groups in total. The van der Waals surface area contributed by atoms with E-state index in [0.717, 1.165) is 25.7 Å². The van der Waals surface area contributed by atoms with Crippen molar-refractivity contribution in [1.82, 2.24) is 15.5 Å². The Morgan fingerprint density at radius 3 is 2.33 bits per heavy atom. The highest BCUT2D eigenvalue weighted by atomic mass is 16.3. The van der Waals surface area contributed by atoms with Gasteiger partial charge in [0, 0.05) is 6.04 Å². The highest BCUT2D eigenvalue weighted by Gasteiger charge is 2.33. The van der Waals surface area contributed by atoms with E-state index < -0.39 is 17.9 Å². The van der Waals surface area contributed by atoms with Crippen molar-refractivity contribution in [2.75, 3.05) is 6.54 Å². The minimum atomic E-state index is -0.870. The van der Waals surface area contributed by atoms with E-state index in [1.165, 1.54) is 23.5 Å². The number of carbonyl (C=O) groups is 3. The molecule has 1 fully saturated rings. The molecule has 0 saturated heterocycles. The predicted octanol–water partition coefficient (Wildman–Crippen LogP) is 3.43. The van der Waals surface area contributed by atoms with E-state index >= 15 is 0 Å². The standard InChI is InChI=1S/C25H27N3O5/c29-22(16-26-24(30)21-13-7-15-33-21)28(17-20-12-6-14-32-20)23(18-8-2-1-3-9-18)25(31)27-19-10-4-5-11-19/h1-3,6-9,12-15,19,23H,4-5,10-11,16-17H2,(H,26,30)(H,27,31)/t23-/m0/s1. The number of amides is 3. The lowest BCUT2D eigenvalue weighted by Gasteiger charge is -2.31. The minimum Gasteiger partial charge on any atom is -0.467 e. The Balaban J connectivity index is 1.58. The Morgan fingerprint density at radius 1 is 0.939 bits per heavy atom. The molecule has 33 heavy (non-hydrogen) atoms. The second kappa shape index (κ2) is 10.7. The zero-order valence-electron chi connectivity index (χ0n) is 18.2. The van der Waals surface area contributed by atoms with Gasteiger partial charge in [-0.3, -0.25) is 14.4 Å². The summed E-state index contributed by atoms with van der Waals surface area (Å²) in [6.45, 7) is -0.208. The average Bonchev–Trinajstić information content (AvgIpc) is 3.61. The number of hydrogen-bond acceptors (Lipinski definition) is 5. The van der Waals surface area contributed by atoms with E-state index in [0.29, 0.717) is 11.3 Å². The summed E-state index contributed by atoms with van der Waals surface area (Å²) in [5.74, 6) is -0.514. The number of nitrogens with zero attached hydrogens (tertiary/aromatic N) is 1. The highest BCUT2D eigenvalue weighted by Crippen LogP contribution is 2.26. The van der Waals surface area contributed by atoms with Gasteiger partial charge in [0.05, 0.1) is 25.6 Å². The van der Waals surface area contributed by atoms with Crippen LogP contribution in [0, 0.1) is 0 Å². The molecule has 2 heterocycles. The van der Waals surface area contributed by atoms with Crippen molar-refractivity contribution in [1.29, 1.82) is 0 Å². The lowest BCUT2D eigenvalue weighted by atomic mass is 10.0. The van der Waals surface area contributed by atoms with Crippen LogP contribution in [0.1, 0.15) is 53.6 Å². The van der Waals surface area contributed by atoms with Gasteiger partial charge in [-0.05, 0) is 42.7 Å². The molecule has 3 amide bonds. The second-order valence-electron chi connectivity index (χ2n) is 8.06. The van der Waals surface area contributed by atoms with E-state index in [1.807, 2.05) is 30.3 Å². The quantitative estimate of drug-likeness (QED) is 0.521. The van der Waals surface area contributed by atoms with Gasteiger partial charge in [0.25, 0.3) is 5.91 Å². The summed E-state index contributed by atoms with van der Waals surface area (Å²) in [6, 6.07) is 15.0. The summed E-state index contributed by atoms with van der Waals surface area (Å²) < 4.78 is 10.6. The summed E-state index contributed by atoms with van der Waals surface area (Å²) in [6.07, 6.45) is 6.92. The van der Waals surface area contributed by atoms with E-state index in [-0.39, 0.29) is 30.8 Å². The largest absolute Gasteiger partial charge is 0.467 e. The Hall–Kier alpha value is -3.81. The molecule has 0 radical (unpaired) electrons. The maximum atomic E-state index is 13.5. The van der Waals surface area contributed by atoms with Crippen LogP contribution >= 0.6 is 0 Å². The van der Waals surface area contributed by atoms with Crippen LogP contribution in [0.3, 0.4) is 0 Å². The molecule has 172 valence electrons. The van der Waals surface area contributed by atoms with Crippen LogP contribution in [0.15, 0.2) is 76.0 Å². The van der Waals surface area contributed by atoms with E-state index in [9.17, 15) is 14.4 Å². The molecule has 8 heteroatoms. The summed E-state index contributed by atoms with van der Waals surface area (Å²) >= 11 is 0. The smallest absolute Gasteiger partial charge is 0.287 e. The highest BCUT2D eigenvalue weighted by molar-refractivity contribution is 5.95. The predicted molar refractivity (Wildman–Crippen MR) is 120 cm³/mol. The van der Waals surface area contributed by atoms with Gasteiger partial charge in [-0.2, -0.15) is 0 Å². The van der Waals surface area contributed by atoms with Gasteiger partial charge in [-0.1, -0.05) is 43.2 Å². The summed E-state index contributed by atoms with van der Waals surface area (Å²) in [5, 5.41) is 5.69. The maximum Gasteiger partial charge on any atom is 0.287 e. The zero-order valence-corrected chi connectivity index (χ0v) is 18.2. The van der Waals surface area contributed by atoms with Crippen molar-refractivity contribution < 1.29 is 23.2 Å². The molecule has 0 bridgehead atoms. The minimum absolute atomic E-state index is 0.0834. The average molecular weight is 450 g/mol. The number of nitrogens with one attached hydrogen (secondary N) is 2. The maximum absolute atomic E-state index is 13.5. The SMILES string of the molecule is O=C(NCC(=O)N(Cc1ccco1)[C@H](C(=O)NC1CCCC1)c1ccccc1)c1ccco1. The van der Waals surface area contributed by atoms with Crippen LogP contribution in [-0.2, 0) is 16.1 Å². The van der Waals surface area contributed by atoms with Crippen molar-refractivity contribution >= 4 is 17.7 Å². The molecule has 1 saturated carbocycles. The third kappa shape index (κ3) is 5.71. The van der Waals surface area contributed by atoms with Gasteiger partial charge in [-0.25, -0.2) is 0 Å². The molecule has 0 aliphatic heterocycles. The van der Waals surface area contributed by atoms with Gasteiger partial charge >= 0.3 is 0 Å². The molecule has 2 aromatic heterocycles. The van der Waals surface area contributed by atoms with Gasteiger partial charge < -0.3 is 24.4 Å². The Kier molecular flexibility index (Phi) is 7.24. The first-order valence-electron chi connectivity index (χ1n) is 11.1. The Bertz CT molecular complexity index is 1040. The van der Waals surface area contributed by atoms with Crippen LogP contribution in [-0.4, -0.2) is 35.2 Å². The molecule has 8 nitrogen and oxygen atoms in total. The molecular weight excluding hydrogens is 422 g/mol. The number of furan rings is 2. The van der Waals surface area contributed by atoms with E-state index in [1.54, 1.807) is 18.2 Å². The third-order valence-corrected chi connectivity index (χ3v) is 5.75. The normalized spacial score (nSPS) is 14.5. The number of rotatable bonds is 9. The summed E-state index contributed by atoms with van der Waals surface area (Å²) in [5.41, 5.74) is 0.685. The molecule has 4 rings (SSSR count). The van der Waals surface area contributed by atoms with Crippen molar-refractivity contribution in [3.05, 3.63) is 84.2 Å². The van der Waals surface area contributed by atoms with Crippen molar-refractivity contribution in [2.45, 2.75) is 44.3 Å². The number of carbonyl (C=O) groups excluding carboxylic acids is 3. The van der Waals surface area contributed by atoms with Gasteiger partial charge in [0.2, 0.25) is 11.8 Å². The van der Waals surface area contributed by atoms with E-state index in [4.69, 9.17) is 8.83 Å². The molecule has 1 aromatic carbocycles. The molecule has 0 unspecified atom stereocenters. The number of hydrogen-bond donors (Lipinski definition) is 2. The fraction of sp³-hybridized carbons (Fsp3) is 0.320. The van der Waals surface area contributed by atoms with Gasteiger partial charge in [-0.15, -0.1) is 0 Å². The molecule has 1 aliphatic rings. The van der Waals surface area contributed by atoms with Crippen LogP contribution in [0.4, 0.5) is 0 Å². The molecular formula is C25H27N3O5. The van der Waals surface area contributed by atoms with Crippen molar-refractivity contribution in [2.24, 2.45) is 0 Å². The molecule has 3 aromatic rings. The molecule has 1 aliphatic carbocycles. The topological polar surface area (TPSA) is 105 Å². The summed E-state index contributed by atoms with van der Waals surface area (Å²) in [4.78, 5) is 40.5. The van der Waals surface area contributed by atoms with Crippen LogP contribution in [0.5, 0.6) is 0 Å². The second-order valence-corrected chi connectivity index (χ2v) is 8.06. The number of benzene rings is 1. The summed E-state index contributed by atoms with van der Waals surface area (Å²) in [7, 11) is 0. The third-order valence-electron chi connectivity index (χ3n) is 5.75.